The Labute approximate surface area is 151 Å². The van der Waals surface area contributed by atoms with E-state index in [2.05, 4.69) is 5.32 Å². The summed E-state index contributed by atoms with van der Waals surface area (Å²) in [7, 11) is -4.19. The van der Waals surface area contributed by atoms with Crippen LogP contribution in [-0.2, 0) is 26.8 Å². The first-order valence-electron chi connectivity index (χ1n) is 8.43. The first-order chi connectivity index (χ1) is 12.4. The molecule has 3 amide bonds. The van der Waals surface area contributed by atoms with Crippen molar-refractivity contribution in [3.05, 3.63) is 65.2 Å². The highest BCUT2D eigenvalue weighted by Gasteiger charge is 2.60. The molecule has 2 aromatic rings. The van der Waals surface area contributed by atoms with Gasteiger partial charge < -0.3 is 0 Å². The van der Waals surface area contributed by atoms with Crippen LogP contribution in [0.25, 0.3) is 0 Å². The topological polar surface area (TPSA) is 83.6 Å². The van der Waals surface area contributed by atoms with Gasteiger partial charge in [-0.3, -0.25) is 10.1 Å². The number of urea groups is 1. The highest BCUT2D eigenvalue weighted by atomic mass is 32.2. The van der Waals surface area contributed by atoms with Gasteiger partial charge in [0.1, 0.15) is 0 Å². The van der Waals surface area contributed by atoms with E-state index in [1.54, 1.807) is 24.3 Å². The summed E-state index contributed by atoms with van der Waals surface area (Å²) in [5.41, 5.74) is 0.872. The minimum absolute atomic E-state index is 0.00428. The summed E-state index contributed by atoms with van der Waals surface area (Å²) >= 11 is 0. The van der Waals surface area contributed by atoms with Crippen molar-refractivity contribution in [2.45, 2.75) is 36.6 Å². The molecular weight excluding hydrogens is 352 g/mol. The summed E-state index contributed by atoms with van der Waals surface area (Å²) in [5, 5.41) is 2.22. The first-order valence-corrected chi connectivity index (χ1v) is 9.87. The Kier molecular flexibility index (Phi) is 3.66. The molecule has 2 aromatic carbocycles. The average Bonchev–Trinajstić information content (AvgIpc) is 2.87. The molecule has 1 aliphatic heterocycles. The molecule has 1 N–H and O–H groups in total. The van der Waals surface area contributed by atoms with Gasteiger partial charge in [0.05, 0.1) is 4.90 Å². The van der Waals surface area contributed by atoms with Crippen LogP contribution < -0.4 is 5.32 Å². The molecule has 1 fully saturated rings. The van der Waals surface area contributed by atoms with Crippen molar-refractivity contribution in [2.24, 2.45) is 0 Å². The second-order valence-electron chi connectivity index (χ2n) is 6.71. The van der Waals surface area contributed by atoms with Crippen molar-refractivity contribution in [3.63, 3.8) is 0 Å². The molecule has 7 heteroatoms. The Morgan fingerprint density at radius 2 is 1.73 bits per heavy atom. The van der Waals surface area contributed by atoms with Gasteiger partial charge >= 0.3 is 6.03 Å². The van der Waals surface area contributed by atoms with E-state index < -0.39 is 27.5 Å². The third-order valence-corrected chi connectivity index (χ3v) is 6.96. The molecule has 1 aliphatic carbocycles. The van der Waals surface area contributed by atoms with Crippen LogP contribution in [0, 0.1) is 6.92 Å². The van der Waals surface area contributed by atoms with Crippen LogP contribution in [0.1, 0.15) is 29.5 Å². The predicted octanol–water partition coefficient (Wildman–Crippen LogP) is 2.47. The second-order valence-corrected chi connectivity index (χ2v) is 8.50. The summed E-state index contributed by atoms with van der Waals surface area (Å²) in [4.78, 5) is 25.4. The van der Waals surface area contributed by atoms with Gasteiger partial charge in [0.2, 0.25) is 0 Å². The Morgan fingerprint density at radius 3 is 2.46 bits per heavy atom. The van der Waals surface area contributed by atoms with Crippen LogP contribution in [-0.4, -0.2) is 24.7 Å². The molecule has 1 saturated heterocycles. The Hall–Kier alpha value is -2.67. The van der Waals surface area contributed by atoms with Crippen molar-refractivity contribution in [1.29, 1.82) is 0 Å². The van der Waals surface area contributed by atoms with Gasteiger partial charge in [-0.05, 0) is 49.4 Å². The van der Waals surface area contributed by atoms with E-state index >= 15 is 0 Å². The summed E-state index contributed by atoms with van der Waals surface area (Å²) in [6.07, 6.45) is 1.64. The highest BCUT2D eigenvalue weighted by molar-refractivity contribution is 7.89. The Bertz CT molecular complexity index is 1010. The summed E-state index contributed by atoms with van der Waals surface area (Å²) in [6, 6.07) is 12.6. The van der Waals surface area contributed by atoms with Crippen molar-refractivity contribution in [1.82, 2.24) is 9.62 Å². The van der Waals surface area contributed by atoms with Crippen molar-refractivity contribution >= 4 is 22.0 Å². The lowest BCUT2D eigenvalue weighted by atomic mass is 9.76. The zero-order valence-corrected chi connectivity index (χ0v) is 15.0. The molecule has 1 unspecified atom stereocenters. The number of rotatable bonds is 2. The second kappa shape index (κ2) is 5.67. The fourth-order valence-electron chi connectivity index (χ4n) is 3.90. The Balaban J connectivity index is 1.94. The fourth-order valence-corrected chi connectivity index (χ4v) is 5.54. The van der Waals surface area contributed by atoms with Crippen LogP contribution >= 0.6 is 0 Å². The predicted molar refractivity (Wildman–Crippen MR) is 94.8 cm³/mol. The molecule has 1 atom stereocenters. The van der Waals surface area contributed by atoms with Gasteiger partial charge in [-0.1, -0.05) is 42.0 Å². The monoisotopic (exact) mass is 370 g/mol. The summed E-state index contributed by atoms with van der Waals surface area (Å²) < 4.78 is 27.4. The number of hydrogen-bond acceptors (Lipinski definition) is 4. The maximum absolute atomic E-state index is 13.3. The van der Waals surface area contributed by atoms with Gasteiger partial charge in [0.15, 0.2) is 5.54 Å². The number of benzene rings is 2. The van der Waals surface area contributed by atoms with E-state index in [9.17, 15) is 18.0 Å². The molecule has 1 spiro atoms. The number of aryl methyl sites for hydroxylation is 2. The summed E-state index contributed by atoms with van der Waals surface area (Å²) in [5.74, 6) is -0.578. The van der Waals surface area contributed by atoms with Gasteiger partial charge in [0.25, 0.3) is 15.9 Å². The zero-order chi connectivity index (χ0) is 18.5. The largest absolute Gasteiger partial charge is 0.339 e. The van der Waals surface area contributed by atoms with Crippen LogP contribution in [0.15, 0.2) is 53.4 Å². The number of fused-ring (bicyclic) bond motifs is 2. The van der Waals surface area contributed by atoms with E-state index in [0.29, 0.717) is 12.0 Å². The van der Waals surface area contributed by atoms with E-state index in [4.69, 9.17) is 0 Å². The fraction of sp³-hybridized carbons (Fsp3) is 0.263. The maximum Gasteiger partial charge on any atom is 0.339 e. The van der Waals surface area contributed by atoms with Gasteiger partial charge in [-0.2, -0.15) is 4.31 Å². The zero-order valence-electron chi connectivity index (χ0n) is 14.2. The molecule has 2 aliphatic rings. The van der Waals surface area contributed by atoms with Gasteiger partial charge in [-0.25, -0.2) is 13.2 Å². The van der Waals surface area contributed by atoms with E-state index in [1.165, 1.54) is 12.1 Å². The average molecular weight is 370 g/mol. The lowest BCUT2D eigenvalue weighted by molar-refractivity contribution is -0.126. The molecule has 1 heterocycles. The smallest absolute Gasteiger partial charge is 0.275 e. The lowest BCUT2D eigenvalue weighted by Crippen LogP contribution is -2.51. The van der Waals surface area contributed by atoms with Crippen LogP contribution in [0.2, 0.25) is 0 Å². The van der Waals surface area contributed by atoms with E-state index in [-0.39, 0.29) is 11.3 Å². The quantitative estimate of drug-likeness (QED) is 0.823. The summed E-state index contributed by atoms with van der Waals surface area (Å²) in [6.45, 7) is 1.85. The first kappa shape index (κ1) is 16.8. The van der Waals surface area contributed by atoms with Crippen molar-refractivity contribution in [3.8, 4) is 0 Å². The molecule has 26 heavy (non-hydrogen) atoms. The minimum Gasteiger partial charge on any atom is -0.275 e. The molecule has 6 nitrogen and oxygen atoms in total. The number of imide groups is 1. The number of hydrogen-bond donors (Lipinski definition) is 1. The molecule has 134 valence electrons. The minimum atomic E-state index is -4.19. The number of amides is 3. The normalized spacial score (nSPS) is 22.4. The molecule has 0 saturated carbocycles. The van der Waals surface area contributed by atoms with Gasteiger partial charge in [-0.15, -0.1) is 0 Å². The number of nitrogens with zero attached hydrogens (tertiary/aromatic N) is 1. The number of carbonyl (C=O) groups excluding carboxylic acids is 2. The third-order valence-electron chi connectivity index (χ3n) is 5.13. The molecule has 4 rings (SSSR count). The number of nitrogens with one attached hydrogen (secondary N) is 1. The van der Waals surface area contributed by atoms with E-state index in [0.717, 1.165) is 21.9 Å². The Morgan fingerprint density at radius 1 is 1.04 bits per heavy atom. The van der Waals surface area contributed by atoms with Crippen molar-refractivity contribution in [2.75, 3.05) is 0 Å². The SMILES string of the molecule is Cc1ccc(S(=O)(=O)N2C(=O)NC(=O)C23CCCc2ccccc23)cc1. The molecule has 0 aromatic heterocycles. The van der Waals surface area contributed by atoms with Crippen molar-refractivity contribution < 1.29 is 18.0 Å². The molecular formula is C19H18N2O4S. The van der Waals surface area contributed by atoms with Crippen LogP contribution in [0.3, 0.4) is 0 Å². The standard InChI is InChI=1S/C19H18N2O4S/c1-13-8-10-15(11-9-13)26(24,25)21-18(23)20-17(22)19(21)12-4-6-14-5-2-3-7-16(14)19/h2-3,5,7-11H,4,6,12H2,1H3,(H,20,22,23). The third kappa shape index (κ3) is 2.20. The van der Waals surface area contributed by atoms with Crippen LogP contribution in [0.4, 0.5) is 4.79 Å². The molecule has 0 radical (unpaired) electrons. The number of sulfonamides is 1. The lowest BCUT2D eigenvalue weighted by Gasteiger charge is -2.38. The molecule has 0 bridgehead atoms. The van der Waals surface area contributed by atoms with Crippen LogP contribution in [0.5, 0.6) is 0 Å². The maximum atomic E-state index is 13.3. The van der Waals surface area contributed by atoms with E-state index in [1.807, 2.05) is 19.1 Å². The van der Waals surface area contributed by atoms with Gasteiger partial charge in [0, 0.05) is 0 Å². The number of carbonyl (C=O) groups is 2. The highest BCUT2D eigenvalue weighted by Crippen LogP contribution is 2.45.